The molecule has 11 rings (SSSR count). The van der Waals surface area contributed by atoms with E-state index in [2.05, 4.69) is 231 Å². The van der Waals surface area contributed by atoms with Crippen LogP contribution in [0.15, 0.2) is 176 Å². The Kier molecular flexibility index (Phi) is 21.8. The normalized spacial score (nSPS) is 13.3. The highest BCUT2D eigenvalue weighted by molar-refractivity contribution is 6.19. The van der Waals surface area contributed by atoms with E-state index >= 15 is 0 Å². The average molecular weight is 1190 g/mol. The zero-order valence-electron chi connectivity index (χ0n) is 56.2. The fourth-order valence-corrected chi connectivity index (χ4v) is 15.4. The lowest BCUT2D eigenvalue weighted by molar-refractivity contribution is 0.306. The topological polar surface area (TPSA) is 18.5 Å². The standard InChI is InChI=1S/C88H102O2/c1-10-18-30-60(14-5)50-66-35-26-42-75-80(66)57-81-67(51-61(15-6)31-19-11-2)36-27-43-76(81)86(75)84-54-64(59-90-71-48-46-65(47-49-71)79-56-70-34-22-23-39-72(70)73-40-24-25-41-74(73)79)55-85(88(84)89-9)87-77-44-28-37-68(52-62(16-7)32-20-12-3)82(77)58-83-69(38-29-45-78(83)87)53-63(17-8)33-21-13-4/h22-29,34-49,54-58,60-63H,10-21,30-33,50-53,59H2,1-9H3. The maximum absolute atomic E-state index is 7.20. The average Bonchev–Trinajstić information content (AvgIpc) is 0.742. The van der Waals surface area contributed by atoms with Gasteiger partial charge in [0, 0.05) is 22.3 Å². The largest absolute Gasteiger partial charge is 0.495 e. The Balaban J connectivity index is 1.17. The van der Waals surface area contributed by atoms with Gasteiger partial charge in [0.2, 0.25) is 0 Å². The molecule has 0 aliphatic rings. The van der Waals surface area contributed by atoms with Crippen molar-refractivity contribution in [3.8, 4) is 44.9 Å². The van der Waals surface area contributed by atoms with Gasteiger partial charge in [-0.3, -0.25) is 0 Å². The summed E-state index contributed by atoms with van der Waals surface area (Å²) in [6.45, 7) is 19.3. The van der Waals surface area contributed by atoms with Crippen molar-refractivity contribution in [3.63, 3.8) is 0 Å². The molecule has 90 heavy (non-hydrogen) atoms. The van der Waals surface area contributed by atoms with Crippen LogP contribution in [0.25, 0.3) is 98.0 Å². The van der Waals surface area contributed by atoms with Crippen LogP contribution < -0.4 is 9.47 Å². The second kappa shape index (κ2) is 30.6. The number of hydrogen-bond acceptors (Lipinski definition) is 2. The smallest absolute Gasteiger partial charge is 0.134 e. The number of fused-ring (bicyclic) bond motifs is 7. The zero-order valence-corrected chi connectivity index (χ0v) is 56.2. The summed E-state index contributed by atoms with van der Waals surface area (Å²) in [5.74, 6) is 4.27. The second-order valence-corrected chi connectivity index (χ2v) is 26.8. The molecule has 0 spiro atoms. The van der Waals surface area contributed by atoms with Crippen molar-refractivity contribution in [1.82, 2.24) is 0 Å². The SMILES string of the molecule is CCCCC(CC)Cc1cccc2c(-c3cc(COc4ccc(-c5cc6ccccc6c6ccccc56)cc4)cc(-c4c5cccc(CC(CC)CCCC)c5cc5c(CC(CC)CCCC)cccc45)c3OC)c3cccc(CC(CC)CCCC)c3cc12. The minimum Gasteiger partial charge on any atom is -0.495 e. The predicted molar refractivity (Wildman–Crippen MR) is 393 cm³/mol. The first-order chi connectivity index (χ1) is 44.2. The summed E-state index contributed by atoms with van der Waals surface area (Å²) in [5.41, 5.74) is 14.1. The summed E-state index contributed by atoms with van der Waals surface area (Å²) in [7, 11) is 1.94. The van der Waals surface area contributed by atoms with E-state index in [1.54, 1.807) is 0 Å². The first kappa shape index (κ1) is 64.1. The van der Waals surface area contributed by atoms with Crippen LogP contribution in [0.1, 0.15) is 186 Å². The number of rotatable bonds is 31. The summed E-state index contributed by atoms with van der Waals surface area (Å²) >= 11 is 0. The summed E-state index contributed by atoms with van der Waals surface area (Å²) in [6, 6.07) is 67.8. The van der Waals surface area contributed by atoms with E-state index < -0.39 is 0 Å². The minimum absolute atomic E-state index is 0.386. The molecule has 0 saturated heterocycles. The van der Waals surface area contributed by atoms with E-state index in [4.69, 9.17) is 9.47 Å². The predicted octanol–water partition coefficient (Wildman–Crippen LogP) is 26.2. The first-order valence-corrected chi connectivity index (χ1v) is 35.5. The van der Waals surface area contributed by atoms with Crippen LogP contribution in [-0.2, 0) is 32.3 Å². The molecule has 0 N–H and O–H groups in total. The summed E-state index contributed by atoms with van der Waals surface area (Å²) in [5, 5.41) is 15.7. The van der Waals surface area contributed by atoms with Gasteiger partial charge in [0.25, 0.3) is 0 Å². The molecule has 0 bridgehead atoms. The molecule has 466 valence electrons. The fraction of sp³-hybridized carbons (Fsp3) is 0.386. The lowest BCUT2D eigenvalue weighted by Gasteiger charge is -2.25. The molecule has 11 aromatic rings. The van der Waals surface area contributed by atoms with Gasteiger partial charge in [-0.15, -0.1) is 0 Å². The molecule has 4 unspecified atom stereocenters. The van der Waals surface area contributed by atoms with Gasteiger partial charge >= 0.3 is 0 Å². The van der Waals surface area contributed by atoms with Gasteiger partial charge in [0.1, 0.15) is 18.1 Å². The van der Waals surface area contributed by atoms with Crippen LogP contribution in [0.3, 0.4) is 0 Å². The van der Waals surface area contributed by atoms with Crippen LogP contribution in [0.2, 0.25) is 0 Å². The van der Waals surface area contributed by atoms with Gasteiger partial charge in [0.15, 0.2) is 0 Å². The molecule has 0 aromatic heterocycles. The van der Waals surface area contributed by atoms with E-state index in [0.29, 0.717) is 30.3 Å². The molecular weight excluding hydrogens is 1090 g/mol. The molecule has 0 aliphatic heterocycles. The molecule has 0 amide bonds. The first-order valence-electron chi connectivity index (χ1n) is 35.5. The molecule has 0 heterocycles. The van der Waals surface area contributed by atoms with Gasteiger partial charge < -0.3 is 9.47 Å². The lowest BCUT2D eigenvalue weighted by atomic mass is 9.81. The molecule has 0 saturated carbocycles. The number of benzene rings is 11. The third-order valence-corrected chi connectivity index (χ3v) is 20.9. The van der Waals surface area contributed by atoms with Crippen molar-refractivity contribution in [2.24, 2.45) is 23.7 Å². The molecule has 0 aliphatic carbocycles. The van der Waals surface area contributed by atoms with Gasteiger partial charge in [-0.1, -0.05) is 292 Å². The summed E-state index contributed by atoms with van der Waals surface area (Å²) < 4.78 is 14.3. The monoisotopic (exact) mass is 1190 g/mol. The van der Waals surface area contributed by atoms with Crippen molar-refractivity contribution in [2.75, 3.05) is 7.11 Å². The van der Waals surface area contributed by atoms with Gasteiger partial charge in [0.05, 0.1) is 7.11 Å². The van der Waals surface area contributed by atoms with Crippen LogP contribution in [0, 0.1) is 23.7 Å². The molecule has 0 radical (unpaired) electrons. The van der Waals surface area contributed by atoms with Gasteiger partial charge in [-0.25, -0.2) is 0 Å². The molecule has 2 nitrogen and oxygen atoms in total. The number of ether oxygens (including phenoxy) is 2. The van der Waals surface area contributed by atoms with Crippen LogP contribution in [0.5, 0.6) is 11.5 Å². The van der Waals surface area contributed by atoms with Crippen molar-refractivity contribution < 1.29 is 9.47 Å². The van der Waals surface area contributed by atoms with Crippen molar-refractivity contribution >= 4 is 64.6 Å². The number of methoxy groups -OCH3 is 1. The maximum atomic E-state index is 7.20. The van der Waals surface area contributed by atoms with Gasteiger partial charge in [-0.2, -0.15) is 0 Å². The summed E-state index contributed by atoms with van der Waals surface area (Å²) in [6.07, 6.45) is 24.0. The molecule has 2 heteroatoms. The van der Waals surface area contributed by atoms with Crippen molar-refractivity contribution in [2.45, 2.75) is 190 Å². The van der Waals surface area contributed by atoms with E-state index in [0.717, 1.165) is 53.9 Å². The fourth-order valence-electron chi connectivity index (χ4n) is 15.4. The Morgan fingerprint density at radius 2 is 0.689 bits per heavy atom. The van der Waals surface area contributed by atoms with E-state index in [-0.39, 0.29) is 0 Å². The van der Waals surface area contributed by atoms with E-state index in [1.165, 1.54) is 212 Å². The van der Waals surface area contributed by atoms with Crippen LogP contribution in [-0.4, -0.2) is 7.11 Å². The van der Waals surface area contributed by atoms with Crippen LogP contribution in [0.4, 0.5) is 0 Å². The highest BCUT2D eigenvalue weighted by atomic mass is 16.5. The third kappa shape index (κ3) is 13.9. The highest BCUT2D eigenvalue weighted by Crippen LogP contribution is 2.51. The lowest BCUT2D eigenvalue weighted by Crippen LogP contribution is -2.06. The molecule has 4 atom stereocenters. The Labute approximate surface area is 540 Å². The molecular formula is C88H102O2. The second-order valence-electron chi connectivity index (χ2n) is 26.8. The third-order valence-electron chi connectivity index (χ3n) is 20.9. The van der Waals surface area contributed by atoms with Crippen LogP contribution >= 0.6 is 0 Å². The maximum Gasteiger partial charge on any atom is 0.134 e. The molecule has 0 fully saturated rings. The Hall–Kier alpha value is -7.42. The summed E-state index contributed by atoms with van der Waals surface area (Å²) in [4.78, 5) is 0. The minimum atomic E-state index is 0.386. The Morgan fingerprint density at radius 1 is 0.322 bits per heavy atom. The Bertz CT molecular complexity index is 3860. The van der Waals surface area contributed by atoms with E-state index in [1.807, 2.05) is 7.11 Å². The van der Waals surface area contributed by atoms with Crippen molar-refractivity contribution in [3.05, 3.63) is 204 Å². The zero-order chi connectivity index (χ0) is 62.5. The Morgan fingerprint density at radius 3 is 1.07 bits per heavy atom. The quantitative estimate of drug-likeness (QED) is 0.0318. The van der Waals surface area contributed by atoms with E-state index in [9.17, 15) is 0 Å². The van der Waals surface area contributed by atoms with Crippen molar-refractivity contribution in [1.29, 1.82) is 0 Å². The van der Waals surface area contributed by atoms with Gasteiger partial charge in [-0.05, 0) is 195 Å². The molecule has 11 aromatic carbocycles. The highest BCUT2D eigenvalue weighted by Gasteiger charge is 2.26. The number of hydrogen-bond donors (Lipinski definition) is 0. The number of unbranched alkanes of at least 4 members (excludes halogenated alkanes) is 4.